The number of hydrogen-bond acceptors (Lipinski definition) is 7. The SMILES string of the molecule is O=C(CN(CCCN1CCOCC1)C(=O)c1ccc(Cl)c(Cl)c1)N(Cc1ccc2c(c1)OCO2)Cc1ccco1. The molecule has 40 heavy (non-hydrogen) atoms. The number of fused-ring (bicyclic) bond motifs is 1. The van der Waals surface area contributed by atoms with Crippen LogP contribution in [-0.4, -0.2) is 79.2 Å². The van der Waals surface area contributed by atoms with Crippen LogP contribution < -0.4 is 9.47 Å². The van der Waals surface area contributed by atoms with Crippen molar-refractivity contribution in [3.8, 4) is 11.5 Å². The predicted molar refractivity (Wildman–Crippen MR) is 150 cm³/mol. The first-order valence-corrected chi connectivity index (χ1v) is 13.9. The third kappa shape index (κ3) is 7.28. The summed E-state index contributed by atoms with van der Waals surface area (Å²) in [5, 5.41) is 0.649. The minimum atomic E-state index is -0.282. The van der Waals surface area contributed by atoms with Gasteiger partial charge in [-0.25, -0.2) is 0 Å². The van der Waals surface area contributed by atoms with Crippen LogP contribution in [0.2, 0.25) is 10.0 Å². The smallest absolute Gasteiger partial charge is 0.254 e. The topological polar surface area (TPSA) is 84.7 Å². The van der Waals surface area contributed by atoms with Crippen LogP contribution >= 0.6 is 23.2 Å². The summed E-state index contributed by atoms with van der Waals surface area (Å²) in [5.41, 5.74) is 1.25. The minimum Gasteiger partial charge on any atom is -0.467 e. The zero-order valence-electron chi connectivity index (χ0n) is 22.0. The molecule has 3 aromatic rings. The molecule has 9 nitrogen and oxygen atoms in total. The molecule has 3 heterocycles. The minimum absolute atomic E-state index is 0.104. The van der Waals surface area contributed by atoms with Gasteiger partial charge in [-0.15, -0.1) is 0 Å². The maximum atomic E-state index is 13.8. The van der Waals surface area contributed by atoms with Crippen LogP contribution in [0.3, 0.4) is 0 Å². The number of morpholine rings is 1. The van der Waals surface area contributed by atoms with Gasteiger partial charge in [0.05, 0.1) is 36.1 Å². The Morgan fingerprint density at radius 1 is 0.900 bits per heavy atom. The Hall–Kier alpha value is -3.24. The molecule has 2 aliphatic rings. The normalized spacial score (nSPS) is 14.8. The maximum Gasteiger partial charge on any atom is 0.254 e. The Morgan fingerprint density at radius 2 is 1.73 bits per heavy atom. The maximum absolute atomic E-state index is 13.8. The van der Waals surface area contributed by atoms with Crippen LogP contribution in [0.4, 0.5) is 0 Å². The van der Waals surface area contributed by atoms with Crippen molar-refractivity contribution in [3.63, 3.8) is 0 Å². The standard InChI is InChI=1S/C29H31Cl2N3O6/c30-24-6-5-22(16-25(24)31)29(36)33(9-2-8-32-10-13-37-14-11-32)19-28(35)34(18-23-3-1-12-38-23)17-21-4-7-26-27(15-21)40-20-39-26/h1,3-7,12,15-16H,2,8-11,13-14,17-20H2. The van der Waals surface area contributed by atoms with Crippen LogP contribution in [0.25, 0.3) is 0 Å². The van der Waals surface area contributed by atoms with Crippen molar-refractivity contribution < 1.29 is 28.2 Å². The second-order valence-corrected chi connectivity index (χ2v) is 10.5. The highest BCUT2D eigenvalue weighted by atomic mass is 35.5. The molecule has 0 spiro atoms. The van der Waals surface area contributed by atoms with Gasteiger partial charge in [0, 0.05) is 38.3 Å². The average molecular weight is 588 g/mol. The molecule has 0 unspecified atom stereocenters. The molecule has 0 N–H and O–H groups in total. The van der Waals surface area contributed by atoms with E-state index >= 15 is 0 Å². The molecule has 1 aromatic heterocycles. The van der Waals surface area contributed by atoms with E-state index in [4.69, 9.17) is 41.8 Å². The van der Waals surface area contributed by atoms with Gasteiger partial charge in [-0.3, -0.25) is 14.5 Å². The van der Waals surface area contributed by atoms with E-state index in [1.54, 1.807) is 40.3 Å². The molecule has 2 aliphatic heterocycles. The van der Waals surface area contributed by atoms with Crippen molar-refractivity contribution in [2.45, 2.75) is 19.5 Å². The first-order chi connectivity index (χ1) is 19.5. The number of furan rings is 1. The lowest BCUT2D eigenvalue weighted by atomic mass is 10.1. The molecule has 5 rings (SSSR count). The zero-order chi connectivity index (χ0) is 27.9. The molecule has 2 amide bonds. The number of rotatable bonds is 11. The van der Waals surface area contributed by atoms with Crippen LogP contribution in [0.1, 0.15) is 28.1 Å². The molecule has 0 bridgehead atoms. The Bertz CT molecular complexity index is 1310. The Balaban J connectivity index is 1.33. The number of nitrogens with zero attached hydrogens (tertiary/aromatic N) is 3. The zero-order valence-corrected chi connectivity index (χ0v) is 23.5. The largest absolute Gasteiger partial charge is 0.467 e. The van der Waals surface area contributed by atoms with E-state index in [9.17, 15) is 9.59 Å². The number of carbonyl (C=O) groups excluding carboxylic acids is 2. The van der Waals surface area contributed by atoms with E-state index in [2.05, 4.69) is 4.90 Å². The molecule has 0 saturated carbocycles. The highest BCUT2D eigenvalue weighted by Gasteiger charge is 2.25. The van der Waals surface area contributed by atoms with Crippen molar-refractivity contribution in [2.75, 3.05) is 52.7 Å². The summed E-state index contributed by atoms with van der Waals surface area (Å²) in [5.74, 6) is 1.46. The second kappa shape index (κ2) is 13.4. The summed E-state index contributed by atoms with van der Waals surface area (Å²) in [6.45, 7) is 4.94. The van der Waals surface area contributed by atoms with Crippen LogP contribution in [0.15, 0.2) is 59.2 Å². The van der Waals surface area contributed by atoms with Gasteiger partial charge in [0.15, 0.2) is 11.5 Å². The quantitative estimate of drug-likeness (QED) is 0.321. The Kier molecular flexibility index (Phi) is 9.49. The van der Waals surface area contributed by atoms with Crippen molar-refractivity contribution >= 4 is 35.0 Å². The van der Waals surface area contributed by atoms with Crippen molar-refractivity contribution in [1.82, 2.24) is 14.7 Å². The summed E-state index contributed by atoms with van der Waals surface area (Å²) in [6, 6.07) is 14.0. The van der Waals surface area contributed by atoms with Gasteiger partial charge in [-0.1, -0.05) is 29.3 Å². The molecule has 0 atom stereocenters. The summed E-state index contributed by atoms with van der Waals surface area (Å²) in [4.78, 5) is 33.0. The van der Waals surface area contributed by atoms with Crippen molar-refractivity contribution in [2.24, 2.45) is 0 Å². The average Bonchev–Trinajstić information content (AvgIpc) is 3.66. The summed E-state index contributed by atoms with van der Waals surface area (Å²) >= 11 is 12.3. The first kappa shape index (κ1) is 28.3. The molecule has 1 fully saturated rings. The van der Waals surface area contributed by atoms with Gasteiger partial charge in [-0.2, -0.15) is 0 Å². The highest BCUT2D eigenvalue weighted by molar-refractivity contribution is 6.42. The lowest BCUT2D eigenvalue weighted by molar-refractivity contribution is -0.133. The van der Waals surface area contributed by atoms with Crippen molar-refractivity contribution in [1.29, 1.82) is 0 Å². The molecule has 2 aromatic carbocycles. The van der Waals surface area contributed by atoms with E-state index in [1.807, 2.05) is 24.3 Å². The summed E-state index contributed by atoms with van der Waals surface area (Å²) in [6.07, 6.45) is 2.28. The molecular formula is C29H31Cl2N3O6. The van der Waals surface area contributed by atoms with Gasteiger partial charge in [0.25, 0.3) is 5.91 Å². The fourth-order valence-electron chi connectivity index (χ4n) is 4.72. The third-order valence-electron chi connectivity index (χ3n) is 6.88. The van der Waals surface area contributed by atoms with E-state index in [1.165, 1.54) is 0 Å². The molecule has 0 radical (unpaired) electrons. The van der Waals surface area contributed by atoms with Gasteiger partial charge in [0.1, 0.15) is 12.3 Å². The van der Waals surface area contributed by atoms with Crippen LogP contribution in [0, 0.1) is 0 Å². The fourth-order valence-corrected chi connectivity index (χ4v) is 5.02. The van der Waals surface area contributed by atoms with Gasteiger partial charge in [0.2, 0.25) is 12.7 Å². The lowest BCUT2D eigenvalue weighted by Gasteiger charge is -2.30. The number of carbonyl (C=O) groups is 2. The molecular weight excluding hydrogens is 557 g/mol. The first-order valence-electron chi connectivity index (χ1n) is 13.2. The molecule has 11 heteroatoms. The van der Waals surface area contributed by atoms with Crippen molar-refractivity contribution in [3.05, 3.63) is 81.7 Å². The number of hydrogen-bond donors (Lipinski definition) is 0. The van der Waals surface area contributed by atoms with E-state index in [0.717, 1.165) is 25.2 Å². The fraction of sp³-hybridized carbons (Fsp3) is 0.379. The van der Waals surface area contributed by atoms with Gasteiger partial charge in [-0.05, 0) is 54.4 Å². The molecule has 1 saturated heterocycles. The van der Waals surface area contributed by atoms with Gasteiger partial charge >= 0.3 is 0 Å². The van der Waals surface area contributed by atoms with E-state index in [0.29, 0.717) is 60.6 Å². The summed E-state index contributed by atoms with van der Waals surface area (Å²) < 4.78 is 21.9. The highest BCUT2D eigenvalue weighted by Crippen LogP contribution is 2.33. The lowest BCUT2D eigenvalue weighted by Crippen LogP contribution is -2.44. The van der Waals surface area contributed by atoms with E-state index < -0.39 is 0 Å². The van der Waals surface area contributed by atoms with Crippen LogP contribution in [0.5, 0.6) is 11.5 Å². The van der Waals surface area contributed by atoms with Crippen LogP contribution in [-0.2, 0) is 22.6 Å². The third-order valence-corrected chi connectivity index (χ3v) is 7.61. The summed E-state index contributed by atoms with van der Waals surface area (Å²) in [7, 11) is 0. The molecule has 212 valence electrons. The monoisotopic (exact) mass is 587 g/mol. The number of benzene rings is 2. The predicted octanol–water partition coefficient (Wildman–Crippen LogP) is 4.71. The second-order valence-electron chi connectivity index (χ2n) is 9.68. The Morgan fingerprint density at radius 3 is 2.50 bits per heavy atom. The van der Waals surface area contributed by atoms with Gasteiger partial charge < -0.3 is 28.4 Å². The number of halogens is 2. The number of amides is 2. The Labute approximate surface area is 243 Å². The van der Waals surface area contributed by atoms with E-state index in [-0.39, 0.29) is 36.7 Å². The number of ether oxygens (including phenoxy) is 3. The molecule has 0 aliphatic carbocycles.